The number of fused-ring (bicyclic) bond motifs is 1. The highest BCUT2D eigenvalue weighted by atomic mass is 16.7. The van der Waals surface area contributed by atoms with Crippen molar-refractivity contribution in [1.29, 1.82) is 0 Å². The van der Waals surface area contributed by atoms with E-state index in [4.69, 9.17) is 18.9 Å². The first-order valence-electron chi connectivity index (χ1n) is 8.42. The van der Waals surface area contributed by atoms with Gasteiger partial charge in [-0.1, -0.05) is 6.58 Å². The predicted molar refractivity (Wildman–Crippen MR) is 78.6 cm³/mol. The van der Waals surface area contributed by atoms with Crippen LogP contribution in [0.5, 0.6) is 0 Å². The van der Waals surface area contributed by atoms with Gasteiger partial charge in [-0.25, -0.2) is 4.79 Å². The van der Waals surface area contributed by atoms with Crippen LogP contribution in [0.15, 0.2) is 12.7 Å². The van der Waals surface area contributed by atoms with Crippen LogP contribution in [0.25, 0.3) is 0 Å². The van der Waals surface area contributed by atoms with E-state index in [-0.39, 0.29) is 30.5 Å². The number of ether oxygens (including phenoxy) is 4. The highest BCUT2D eigenvalue weighted by Gasteiger charge is 2.65. The minimum absolute atomic E-state index is 0.00453. The Morgan fingerprint density at radius 1 is 1.29 bits per heavy atom. The maximum absolute atomic E-state index is 12.4. The molecule has 7 heteroatoms. The van der Waals surface area contributed by atoms with Crippen LogP contribution in [-0.4, -0.2) is 47.9 Å². The molecule has 0 amide bonds. The second-order valence-electron chi connectivity index (χ2n) is 7.03. The molecule has 3 saturated heterocycles. The van der Waals surface area contributed by atoms with Gasteiger partial charge in [-0.15, -0.1) is 0 Å². The minimum Gasteiger partial charge on any atom is -0.455 e. The number of esters is 3. The largest absolute Gasteiger partial charge is 0.455 e. The third-order valence-electron chi connectivity index (χ3n) is 5.52. The van der Waals surface area contributed by atoms with E-state index in [1.165, 1.54) is 0 Å². The zero-order valence-corrected chi connectivity index (χ0v) is 13.3. The van der Waals surface area contributed by atoms with Crippen molar-refractivity contribution in [2.45, 2.75) is 68.5 Å². The Bertz CT molecular complexity index is 592. The molecule has 5 unspecified atom stereocenters. The Balaban J connectivity index is 1.40. The summed E-state index contributed by atoms with van der Waals surface area (Å²) < 4.78 is 22.0. The first-order chi connectivity index (χ1) is 11.5. The molecule has 1 aliphatic carbocycles. The monoisotopic (exact) mass is 336 g/mol. The average Bonchev–Trinajstić information content (AvgIpc) is 3.26. The van der Waals surface area contributed by atoms with Crippen LogP contribution in [0.4, 0.5) is 0 Å². The van der Waals surface area contributed by atoms with Gasteiger partial charge >= 0.3 is 17.9 Å². The van der Waals surface area contributed by atoms with Crippen LogP contribution in [0.3, 0.4) is 0 Å². The van der Waals surface area contributed by atoms with E-state index in [2.05, 4.69) is 6.58 Å². The zero-order chi connectivity index (χ0) is 16.9. The van der Waals surface area contributed by atoms with E-state index in [9.17, 15) is 14.4 Å². The van der Waals surface area contributed by atoms with E-state index in [1.54, 1.807) is 0 Å². The van der Waals surface area contributed by atoms with Gasteiger partial charge < -0.3 is 18.9 Å². The summed E-state index contributed by atoms with van der Waals surface area (Å²) in [6.07, 6.45) is 3.08. The summed E-state index contributed by atoms with van der Waals surface area (Å²) in [6.45, 7) is 3.40. The van der Waals surface area contributed by atoms with Crippen LogP contribution in [0, 0.1) is 5.92 Å². The van der Waals surface area contributed by atoms with Gasteiger partial charge in [0.05, 0.1) is 18.4 Å². The molecule has 4 rings (SSSR count). The lowest BCUT2D eigenvalue weighted by molar-refractivity contribution is -0.170. The molecule has 2 bridgehead atoms. The highest BCUT2D eigenvalue weighted by Crippen LogP contribution is 2.47. The van der Waals surface area contributed by atoms with Crippen LogP contribution < -0.4 is 0 Å². The number of rotatable bonds is 5. The van der Waals surface area contributed by atoms with Gasteiger partial charge in [0, 0.05) is 6.08 Å². The SMILES string of the molecule is C=CC(=O)OC1(CC(=O)OC2C3CC4C(=O)OC2C4O3)CCCC1. The van der Waals surface area contributed by atoms with Gasteiger partial charge in [0.2, 0.25) is 0 Å². The third-order valence-corrected chi connectivity index (χ3v) is 5.52. The number of hydrogen-bond donors (Lipinski definition) is 0. The standard InChI is InChI=1S/C17H20O7/c1-2-11(18)24-17(5-3-4-6-17)8-12(19)22-14-10-7-9-13(21-10)15(14)23-16(9)20/h2,9-10,13-15H,1,3-8H2. The number of hydrogen-bond acceptors (Lipinski definition) is 7. The van der Waals surface area contributed by atoms with Crippen molar-refractivity contribution in [3.05, 3.63) is 12.7 Å². The van der Waals surface area contributed by atoms with Gasteiger partial charge in [0.15, 0.2) is 12.2 Å². The molecule has 4 aliphatic rings. The number of carbonyl (C=O) groups excluding carboxylic acids is 3. The summed E-state index contributed by atoms with van der Waals surface area (Å²) in [6, 6.07) is 0. The van der Waals surface area contributed by atoms with E-state index >= 15 is 0 Å². The van der Waals surface area contributed by atoms with Crippen LogP contribution in [0.2, 0.25) is 0 Å². The number of carbonyl (C=O) groups is 3. The molecular formula is C17H20O7. The Hall–Kier alpha value is -1.89. The molecule has 24 heavy (non-hydrogen) atoms. The lowest BCUT2D eigenvalue weighted by atomic mass is 9.88. The van der Waals surface area contributed by atoms with Crippen molar-refractivity contribution < 1.29 is 33.3 Å². The molecule has 0 aromatic rings. The molecule has 7 nitrogen and oxygen atoms in total. The molecular weight excluding hydrogens is 316 g/mol. The fourth-order valence-corrected chi connectivity index (χ4v) is 4.43. The molecule has 5 atom stereocenters. The predicted octanol–water partition coefficient (Wildman–Crippen LogP) is 1.04. The Kier molecular flexibility index (Phi) is 3.63. The van der Waals surface area contributed by atoms with Crippen LogP contribution >= 0.6 is 0 Å². The fourth-order valence-electron chi connectivity index (χ4n) is 4.43. The summed E-state index contributed by atoms with van der Waals surface area (Å²) in [4.78, 5) is 35.7. The first kappa shape index (κ1) is 15.6. The zero-order valence-electron chi connectivity index (χ0n) is 13.3. The van der Waals surface area contributed by atoms with Crippen LogP contribution in [0.1, 0.15) is 38.5 Å². The van der Waals surface area contributed by atoms with Crippen molar-refractivity contribution in [2.75, 3.05) is 0 Å². The molecule has 4 fully saturated rings. The van der Waals surface area contributed by atoms with Gasteiger partial charge in [-0.2, -0.15) is 0 Å². The van der Waals surface area contributed by atoms with Crippen molar-refractivity contribution in [1.82, 2.24) is 0 Å². The Labute approximate surface area is 139 Å². The first-order valence-corrected chi connectivity index (χ1v) is 8.42. The topological polar surface area (TPSA) is 88.1 Å². The quantitative estimate of drug-likeness (QED) is 0.421. The van der Waals surface area contributed by atoms with Crippen LogP contribution in [-0.2, 0) is 33.3 Å². The smallest absolute Gasteiger partial charge is 0.330 e. The maximum Gasteiger partial charge on any atom is 0.330 e. The molecule has 0 spiro atoms. The van der Waals surface area contributed by atoms with Gasteiger partial charge in [0.1, 0.15) is 11.7 Å². The van der Waals surface area contributed by atoms with Crippen molar-refractivity contribution in [3.8, 4) is 0 Å². The molecule has 1 saturated carbocycles. The normalized spacial score (nSPS) is 38.0. The Morgan fingerprint density at radius 3 is 2.75 bits per heavy atom. The molecule has 3 heterocycles. The lowest BCUT2D eigenvalue weighted by Gasteiger charge is -2.29. The summed E-state index contributed by atoms with van der Waals surface area (Å²) in [5.74, 6) is -1.46. The molecule has 0 radical (unpaired) electrons. The second kappa shape index (κ2) is 5.58. The Morgan fingerprint density at radius 2 is 2.04 bits per heavy atom. The van der Waals surface area contributed by atoms with Crippen molar-refractivity contribution in [3.63, 3.8) is 0 Å². The average molecular weight is 336 g/mol. The summed E-state index contributed by atoms with van der Waals surface area (Å²) >= 11 is 0. The highest BCUT2D eigenvalue weighted by molar-refractivity contribution is 5.82. The minimum atomic E-state index is -0.810. The van der Waals surface area contributed by atoms with E-state index in [0.29, 0.717) is 19.3 Å². The van der Waals surface area contributed by atoms with E-state index in [0.717, 1.165) is 18.9 Å². The van der Waals surface area contributed by atoms with Crippen molar-refractivity contribution in [2.24, 2.45) is 5.92 Å². The van der Waals surface area contributed by atoms with Gasteiger partial charge in [0.25, 0.3) is 0 Å². The summed E-state index contributed by atoms with van der Waals surface area (Å²) in [7, 11) is 0. The van der Waals surface area contributed by atoms with E-state index in [1.807, 2.05) is 0 Å². The third kappa shape index (κ3) is 2.42. The molecule has 130 valence electrons. The van der Waals surface area contributed by atoms with Gasteiger partial charge in [-0.3, -0.25) is 9.59 Å². The second-order valence-corrected chi connectivity index (χ2v) is 7.03. The summed E-state index contributed by atoms with van der Waals surface area (Å²) in [5, 5.41) is 0. The fraction of sp³-hybridized carbons (Fsp3) is 0.706. The maximum atomic E-state index is 12.4. The summed E-state index contributed by atoms with van der Waals surface area (Å²) in [5.41, 5.74) is -0.810. The molecule has 0 aromatic heterocycles. The van der Waals surface area contributed by atoms with E-state index < -0.39 is 29.7 Å². The van der Waals surface area contributed by atoms with Gasteiger partial charge in [-0.05, 0) is 32.1 Å². The molecule has 0 N–H and O–H groups in total. The molecule has 3 aliphatic heterocycles. The lowest BCUT2D eigenvalue weighted by Crippen LogP contribution is -2.42. The molecule has 0 aromatic carbocycles. The van der Waals surface area contributed by atoms with Crippen molar-refractivity contribution >= 4 is 17.9 Å².